The third-order valence-electron chi connectivity index (χ3n) is 2.82. The van der Waals surface area contributed by atoms with Crippen molar-refractivity contribution in [1.82, 2.24) is 15.0 Å². The van der Waals surface area contributed by atoms with Crippen LogP contribution >= 0.6 is 0 Å². The molecule has 0 aliphatic heterocycles. The number of aliphatic hydroxyl groups is 1. The summed E-state index contributed by atoms with van der Waals surface area (Å²) in [7, 11) is 0. The van der Waals surface area contributed by atoms with E-state index in [1.165, 1.54) is 18.2 Å². The van der Waals surface area contributed by atoms with Gasteiger partial charge < -0.3 is 10.4 Å². The van der Waals surface area contributed by atoms with Gasteiger partial charge in [0, 0.05) is 18.8 Å². The summed E-state index contributed by atoms with van der Waals surface area (Å²) < 4.78 is 40.0. The molecule has 0 aliphatic carbocycles. The van der Waals surface area contributed by atoms with Gasteiger partial charge in [-0.15, -0.1) is 5.10 Å². The predicted octanol–water partition coefficient (Wildman–Crippen LogP) is 2.29. The first-order valence-electron chi connectivity index (χ1n) is 6.40. The number of aryl methyl sites for hydroxylation is 1. The van der Waals surface area contributed by atoms with E-state index in [0.717, 1.165) is 6.07 Å². The van der Waals surface area contributed by atoms with E-state index >= 15 is 0 Å². The number of nitrogens with one attached hydrogen (secondary N) is 1. The van der Waals surface area contributed by atoms with Gasteiger partial charge >= 0.3 is 6.18 Å². The van der Waals surface area contributed by atoms with Gasteiger partial charge in [-0.1, -0.05) is 17.3 Å². The highest BCUT2D eigenvalue weighted by Crippen LogP contribution is 2.34. The van der Waals surface area contributed by atoms with Crippen LogP contribution in [0, 0.1) is 0 Å². The van der Waals surface area contributed by atoms with E-state index in [2.05, 4.69) is 15.6 Å². The van der Waals surface area contributed by atoms with E-state index in [9.17, 15) is 13.2 Å². The lowest BCUT2D eigenvalue weighted by atomic mass is 10.1. The van der Waals surface area contributed by atoms with Crippen molar-refractivity contribution in [3.63, 3.8) is 0 Å². The van der Waals surface area contributed by atoms with Crippen LogP contribution in [0.2, 0.25) is 0 Å². The van der Waals surface area contributed by atoms with Crippen LogP contribution in [0.4, 0.5) is 18.9 Å². The smallest absolute Gasteiger partial charge is 0.396 e. The van der Waals surface area contributed by atoms with Crippen LogP contribution in [0.3, 0.4) is 0 Å². The molecule has 2 N–H and O–H groups in total. The Kier molecular flexibility index (Phi) is 4.79. The SMILES string of the molecule is OCCCn1cc(CNc2ccccc2C(F)(F)F)nn1. The lowest BCUT2D eigenvalue weighted by molar-refractivity contribution is -0.137. The van der Waals surface area contributed by atoms with E-state index in [1.54, 1.807) is 10.9 Å². The highest BCUT2D eigenvalue weighted by Gasteiger charge is 2.33. The van der Waals surface area contributed by atoms with Crippen molar-refractivity contribution in [1.29, 1.82) is 0 Å². The number of rotatable bonds is 6. The Balaban J connectivity index is 2.02. The van der Waals surface area contributed by atoms with Crippen molar-refractivity contribution in [2.45, 2.75) is 25.7 Å². The zero-order chi connectivity index (χ0) is 15.3. The Morgan fingerprint density at radius 1 is 1.24 bits per heavy atom. The molecule has 0 aliphatic rings. The van der Waals surface area contributed by atoms with Gasteiger partial charge in [0.1, 0.15) is 5.69 Å². The summed E-state index contributed by atoms with van der Waals surface area (Å²) in [6, 6.07) is 5.29. The van der Waals surface area contributed by atoms with Crippen molar-refractivity contribution < 1.29 is 18.3 Å². The number of benzene rings is 1. The fraction of sp³-hybridized carbons (Fsp3) is 0.385. The maximum atomic E-state index is 12.8. The molecule has 0 fully saturated rings. The van der Waals surface area contributed by atoms with Crippen molar-refractivity contribution in [2.24, 2.45) is 0 Å². The normalized spacial score (nSPS) is 11.6. The highest BCUT2D eigenvalue weighted by molar-refractivity contribution is 5.52. The Morgan fingerprint density at radius 2 is 2.00 bits per heavy atom. The van der Waals surface area contributed by atoms with Crippen LogP contribution in [0.15, 0.2) is 30.5 Å². The summed E-state index contributed by atoms with van der Waals surface area (Å²) in [5.74, 6) is 0. The third kappa shape index (κ3) is 4.19. The molecule has 0 radical (unpaired) electrons. The third-order valence-corrected chi connectivity index (χ3v) is 2.82. The molecule has 0 spiro atoms. The van der Waals surface area contributed by atoms with E-state index in [0.29, 0.717) is 18.7 Å². The summed E-state index contributed by atoms with van der Waals surface area (Å²) in [5.41, 5.74) is -0.169. The molecule has 0 bridgehead atoms. The second-order valence-corrected chi connectivity index (χ2v) is 4.45. The number of halogens is 3. The van der Waals surface area contributed by atoms with Gasteiger partial charge in [0.25, 0.3) is 0 Å². The van der Waals surface area contributed by atoms with Crippen molar-refractivity contribution in [2.75, 3.05) is 11.9 Å². The molecule has 1 aromatic carbocycles. The molecule has 114 valence electrons. The van der Waals surface area contributed by atoms with Gasteiger partial charge in [0.2, 0.25) is 0 Å². The highest BCUT2D eigenvalue weighted by atomic mass is 19.4. The summed E-state index contributed by atoms with van der Waals surface area (Å²) in [6.07, 6.45) is -2.21. The van der Waals surface area contributed by atoms with Crippen molar-refractivity contribution in [3.8, 4) is 0 Å². The second kappa shape index (κ2) is 6.57. The molecule has 0 amide bonds. The van der Waals surface area contributed by atoms with Crippen LogP contribution in [0.1, 0.15) is 17.7 Å². The average molecular weight is 300 g/mol. The molecular weight excluding hydrogens is 285 g/mol. The number of aromatic nitrogens is 3. The lowest BCUT2D eigenvalue weighted by Crippen LogP contribution is -2.10. The van der Waals surface area contributed by atoms with Gasteiger partial charge in [-0.3, -0.25) is 4.68 Å². The number of alkyl halides is 3. The first-order chi connectivity index (χ1) is 10.0. The van der Waals surface area contributed by atoms with Crippen molar-refractivity contribution >= 4 is 5.69 Å². The summed E-state index contributed by atoms with van der Waals surface area (Å²) in [6.45, 7) is 0.710. The number of nitrogens with zero attached hydrogens (tertiary/aromatic N) is 3. The monoisotopic (exact) mass is 300 g/mol. The van der Waals surface area contributed by atoms with Crippen LogP contribution in [-0.4, -0.2) is 26.7 Å². The molecule has 0 atom stereocenters. The number of aliphatic hydroxyl groups excluding tert-OH is 1. The van der Waals surface area contributed by atoms with Crippen LogP contribution in [-0.2, 0) is 19.3 Å². The molecule has 2 aromatic rings. The standard InChI is InChI=1S/C13H15F3N4O/c14-13(15,16)11-4-1-2-5-12(11)17-8-10-9-20(19-18-10)6-3-7-21/h1-2,4-5,9,17,21H,3,6-8H2. The van der Waals surface area contributed by atoms with Crippen molar-refractivity contribution in [3.05, 3.63) is 41.7 Å². The molecule has 0 saturated carbocycles. The zero-order valence-electron chi connectivity index (χ0n) is 11.1. The largest absolute Gasteiger partial charge is 0.418 e. The minimum Gasteiger partial charge on any atom is -0.396 e. The molecule has 21 heavy (non-hydrogen) atoms. The molecule has 0 saturated heterocycles. The van der Waals surface area contributed by atoms with E-state index < -0.39 is 11.7 Å². The van der Waals surface area contributed by atoms with E-state index in [4.69, 9.17) is 5.11 Å². The molecular formula is C13H15F3N4O. The quantitative estimate of drug-likeness (QED) is 0.859. The summed E-state index contributed by atoms with van der Waals surface area (Å²) >= 11 is 0. The molecule has 5 nitrogen and oxygen atoms in total. The van der Waals surface area contributed by atoms with Gasteiger partial charge in [0.05, 0.1) is 18.3 Å². The van der Waals surface area contributed by atoms with Gasteiger partial charge in [0.15, 0.2) is 0 Å². The number of para-hydroxylation sites is 1. The first-order valence-corrected chi connectivity index (χ1v) is 6.40. The van der Waals surface area contributed by atoms with Gasteiger partial charge in [-0.05, 0) is 18.6 Å². The Bertz CT molecular complexity index is 583. The second-order valence-electron chi connectivity index (χ2n) is 4.45. The molecule has 1 heterocycles. The fourth-order valence-corrected chi connectivity index (χ4v) is 1.83. The van der Waals surface area contributed by atoms with Gasteiger partial charge in [-0.25, -0.2) is 0 Å². The molecule has 0 unspecified atom stereocenters. The minimum absolute atomic E-state index is 0.00917. The maximum Gasteiger partial charge on any atom is 0.418 e. The van der Waals surface area contributed by atoms with E-state index in [1.807, 2.05) is 0 Å². The molecule has 8 heteroatoms. The Hall–Kier alpha value is -2.09. The molecule has 2 rings (SSSR count). The first kappa shape index (κ1) is 15.3. The lowest BCUT2D eigenvalue weighted by Gasteiger charge is -2.13. The predicted molar refractivity (Wildman–Crippen MR) is 70.5 cm³/mol. The number of anilines is 1. The Morgan fingerprint density at radius 3 is 2.71 bits per heavy atom. The Labute approximate surface area is 119 Å². The van der Waals surface area contributed by atoms with Crippen LogP contribution in [0.5, 0.6) is 0 Å². The van der Waals surface area contributed by atoms with Gasteiger partial charge in [-0.2, -0.15) is 13.2 Å². The molecule has 1 aromatic heterocycles. The minimum atomic E-state index is -4.40. The number of hydrogen-bond acceptors (Lipinski definition) is 4. The maximum absolute atomic E-state index is 12.8. The topological polar surface area (TPSA) is 63.0 Å². The number of hydrogen-bond donors (Lipinski definition) is 2. The van der Waals surface area contributed by atoms with Crippen LogP contribution in [0.25, 0.3) is 0 Å². The van der Waals surface area contributed by atoms with E-state index in [-0.39, 0.29) is 18.8 Å². The van der Waals surface area contributed by atoms with Crippen LogP contribution < -0.4 is 5.32 Å². The fourth-order valence-electron chi connectivity index (χ4n) is 1.83. The summed E-state index contributed by atoms with van der Waals surface area (Å²) in [5, 5.41) is 19.1. The summed E-state index contributed by atoms with van der Waals surface area (Å²) in [4.78, 5) is 0. The zero-order valence-corrected chi connectivity index (χ0v) is 11.1. The average Bonchev–Trinajstić information content (AvgIpc) is 2.90.